The van der Waals surface area contributed by atoms with Crippen molar-refractivity contribution in [1.29, 1.82) is 5.26 Å². The van der Waals surface area contributed by atoms with Gasteiger partial charge in [-0.25, -0.2) is 0 Å². The predicted molar refractivity (Wildman–Crippen MR) is 131 cm³/mol. The number of benzene rings is 1. The third kappa shape index (κ3) is 4.50. The first-order chi connectivity index (χ1) is 16.2. The van der Waals surface area contributed by atoms with Crippen LogP contribution in [0.4, 0.5) is 5.69 Å². The first kappa shape index (κ1) is 23.7. The van der Waals surface area contributed by atoms with Gasteiger partial charge in [0.25, 0.3) is 11.8 Å². The maximum atomic E-state index is 14.1. The standard InChI is InChI=1S/C27H33N5O2/c1-19-13-16-31(19)26(34)24(20-7-5-14-29-17-20)32(25(33)23-8-6-15-30(23)18-28)22-11-9-21(10-12-22)27(2,3)4/h5,7,9-12,14,17,19,23-24H,6,8,13,15-16H2,1-4H3. The number of carbonyl (C=O) groups is 2. The molecule has 2 aromatic rings. The first-order valence-electron chi connectivity index (χ1n) is 12.0. The molecule has 34 heavy (non-hydrogen) atoms. The molecule has 3 atom stereocenters. The van der Waals surface area contributed by atoms with Gasteiger partial charge in [-0.1, -0.05) is 39.0 Å². The summed E-state index contributed by atoms with van der Waals surface area (Å²) in [6, 6.07) is 10.2. The van der Waals surface area contributed by atoms with E-state index in [2.05, 4.69) is 31.9 Å². The number of pyridine rings is 1. The molecule has 178 valence electrons. The fraction of sp³-hybridized carbons (Fsp3) is 0.481. The van der Waals surface area contributed by atoms with Crippen molar-refractivity contribution in [3.05, 3.63) is 59.9 Å². The second-order valence-electron chi connectivity index (χ2n) is 10.3. The van der Waals surface area contributed by atoms with Crippen LogP contribution in [0.25, 0.3) is 0 Å². The molecule has 0 spiro atoms. The second-order valence-corrected chi connectivity index (χ2v) is 10.3. The number of nitriles is 1. The van der Waals surface area contributed by atoms with E-state index in [0.717, 1.165) is 18.4 Å². The Labute approximate surface area is 202 Å². The van der Waals surface area contributed by atoms with E-state index in [1.165, 1.54) is 4.90 Å². The Morgan fingerprint density at radius 2 is 1.88 bits per heavy atom. The smallest absolute Gasteiger partial charge is 0.251 e. The lowest BCUT2D eigenvalue weighted by atomic mass is 9.87. The molecule has 3 unspecified atom stereocenters. The zero-order valence-corrected chi connectivity index (χ0v) is 20.4. The number of nitrogens with zero attached hydrogens (tertiary/aromatic N) is 5. The maximum Gasteiger partial charge on any atom is 0.251 e. The maximum absolute atomic E-state index is 14.1. The number of carbonyl (C=O) groups excluding carboxylic acids is 2. The molecule has 7 heteroatoms. The Morgan fingerprint density at radius 3 is 2.41 bits per heavy atom. The lowest BCUT2D eigenvalue weighted by molar-refractivity contribution is -0.141. The molecule has 2 amide bonds. The molecule has 2 aliphatic heterocycles. The van der Waals surface area contributed by atoms with Gasteiger partial charge < -0.3 is 4.90 Å². The topological polar surface area (TPSA) is 80.5 Å². The predicted octanol–water partition coefficient (Wildman–Crippen LogP) is 4.02. The van der Waals surface area contributed by atoms with Gasteiger partial charge in [0.05, 0.1) is 0 Å². The Morgan fingerprint density at radius 1 is 1.15 bits per heavy atom. The molecular formula is C27H33N5O2. The van der Waals surface area contributed by atoms with Crippen molar-refractivity contribution in [2.24, 2.45) is 0 Å². The third-order valence-corrected chi connectivity index (χ3v) is 7.01. The SMILES string of the molecule is CC1CCN1C(=O)C(c1cccnc1)N(C(=O)C1CCCN1C#N)c1ccc(C(C)(C)C)cc1. The van der Waals surface area contributed by atoms with Crippen molar-refractivity contribution in [1.82, 2.24) is 14.8 Å². The highest BCUT2D eigenvalue weighted by molar-refractivity contribution is 6.04. The summed E-state index contributed by atoms with van der Waals surface area (Å²) >= 11 is 0. The van der Waals surface area contributed by atoms with Crippen molar-refractivity contribution in [2.45, 2.75) is 70.5 Å². The lowest BCUT2D eigenvalue weighted by Crippen LogP contribution is -2.56. The highest BCUT2D eigenvalue weighted by Crippen LogP contribution is 2.35. The molecule has 0 bridgehead atoms. The van der Waals surface area contributed by atoms with Crippen LogP contribution in [0.15, 0.2) is 48.8 Å². The zero-order valence-electron chi connectivity index (χ0n) is 20.4. The molecule has 1 aromatic carbocycles. The van der Waals surface area contributed by atoms with Crippen LogP contribution >= 0.6 is 0 Å². The first-order valence-corrected chi connectivity index (χ1v) is 12.0. The molecule has 7 nitrogen and oxygen atoms in total. The lowest BCUT2D eigenvalue weighted by Gasteiger charge is -2.43. The van der Waals surface area contributed by atoms with Crippen molar-refractivity contribution in [2.75, 3.05) is 18.0 Å². The Balaban J connectivity index is 1.82. The van der Waals surface area contributed by atoms with Gasteiger partial charge in [0, 0.05) is 42.8 Å². The monoisotopic (exact) mass is 459 g/mol. The van der Waals surface area contributed by atoms with E-state index in [0.29, 0.717) is 30.8 Å². The Bertz CT molecular complexity index is 1070. The van der Waals surface area contributed by atoms with Crippen LogP contribution in [-0.2, 0) is 15.0 Å². The van der Waals surface area contributed by atoms with E-state index in [-0.39, 0.29) is 23.3 Å². The van der Waals surface area contributed by atoms with Crippen LogP contribution in [0.3, 0.4) is 0 Å². The van der Waals surface area contributed by atoms with Crippen LogP contribution in [0.2, 0.25) is 0 Å². The van der Waals surface area contributed by atoms with Crippen molar-refractivity contribution in [3.8, 4) is 6.19 Å². The van der Waals surface area contributed by atoms with E-state index < -0.39 is 12.1 Å². The quantitative estimate of drug-likeness (QED) is 0.631. The molecule has 0 saturated carbocycles. The van der Waals surface area contributed by atoms with Gasteiger partial charge in [-0.2, -0.15) is 5.26 Å². The van der Waals surface area contributed by atoms with E-state index in [1.54, 1.807) is 23.4 Å². The van der Waals surface area contributed by atoms with Gasteiger partial charge in [-0.05, 0) is 55.4 Å². The molecule has 0 N–H and O–H groups in total. The summed E-state index contributed by atoms with van der Waals surface area (Å²) in [6.45, 7) is 9.68. The molecule has 0 aliphatic carbocycles. The minimum Gasteiger partial charge on any atom is -0.338 e. The minimum atomic E-state index is -0.842. The number of hydrogen-bond acceptors (Lipinski definition) is 5. The zero-order chi connectivity index (χ0) is 24.5. The fourth-order valence-corrected chi connectivity index (χ4v) is 4.77. The number of likely N-dealkylation sites (tertiary alicyclic amines) is 2. The summed E-state index contributed by atoms with van der Waals surface area (Å²) < 4.78 is 0. The van der Waals surface area contributed by atoms with Gasteiger partial charge in [-0.15, -0.1) is 0 Å². The molecule has 1 aromatic heterocycles. The average molecular weight is 460 g/mol. The van der Waals surface area contributed by atoms with E-state index in [9.17, 15) is 14.9 Å². The molecule has 4 rings (SSSR count). The molecule has 0 radical (unpaired) electrons. The second kappa shape index (κ2) is 9.46. The van der Waals surface area contributed by atoms with Crippen LogP contribution in [-0.4, -0.2) is 51.8 Å². The number of rotatable bonds is 5. The van der Waals surface area contributed by atoms with Gasteiger partial charge >= 0.3 is 0 Å². The number of hydrogen-bond donors (Lipinski definition) is 0. The highest BCUT2D eigenvalue weighted by Gasteiger charge is 2.43. The van der Waals surface area contributed by atoms with Gasteiger partial charge in [0.15, 0.2) is 6.19 Å². The normalized spacial score (nSPS) is 20.9. The summed E-state index contributed by atoms with van der Waals surface area (Å²) in [4.78, 5) is 37.2. The molecule has 3 heterocycles. The van der Waals surface area contributed by atoms with Gasteiger partial charge in [0.2, 0.25) is 0 Å². The number of anilines is 1. The number of aromatic nitrogens is 1. The van der Waals surface area contributed by atoms with Crippen LogP contribution < -0.4 is 4.90 Å². The van der Waals surface area contributed by atoms with Crippen LogP contribution in [0.1, 0.15) is 64.1 Å². The average Bonchev–Trinajstić information content (AvgIpc) is 3.30. The van der Waals surface area contributed by atoms with Crippen molar-refractivity contribution in [3.63, 3.8) is 0 Å². The largest absolute Gasteiger partial charge is 0.338 e. The third-order valence-electron chi connectivity index (χ3n) is 7.01. The summed E-state index contributed by atoms with van der Waals surface area (Å²) in [5.74, 6) is -0.334. The fourth-order valence-electron chi connectivity index (χ4n) is 4.77. The molecule has 2 fully saturated rings. The van der Waals surface area contributed by atoms with Crippen LogP contribution in [0.5, 0.6) is 0 Å². The van der Waals surface area contributed by atoms with E-state index in [1.807, 2.05) is 42.2 Å². The van der Waals surface area contributed by atoms with Crippen LogP contribution in [0, 0.1) is 11.5 Å². The molecule has 2 saturated heterocycles. The minimum absolute atomic E-state index is 0.0396. The van der Waals surface area contributed by atoms with E-state index in [4.69, 9.17) is 0 Å². The summed E-state index contributed by atoms with van der Waals surface area (Å²) in [7, 11) is 0. The van der Waals surface area contributed by atoms with Gasteiger partial charge in [-0.3, -0.25) is 24.4 Å². The number of amides is 2. The van der Waals surface area contributed by atoms with Crippen molar-refractivity contribution >= 4 is 17.5 Å². The van der Waals surface area contributed by atoms with Gasteiger partial charge in [0.1, 0.15) is 12.1 Å². The Hall–Kier alpha value is -3.40. The highest BCUT2D eigenvalue weighted by atomic mass is 16.2. The Kier molecular flexibility index (Phi) is 6.60. The summed E-state index contributed by atoms with van der Waals surface area (Å²) in [6.07, 6.45) is 7.81. The summed E-state index contributed by atoms with van der Waals surface area (Å²) in [5, 5.41) is 9.62. The van der Waals surface area contributed by atoms with E-state index >= 15 is 0 Å². The molecular weight excluding hydrogens is 426 g/mol. The summed E-state index contributed by atoms with van der Waals surface area (Å²) in [5.41, 5.74) is 2.42. The van der Waals surface area contributed by atoms with Crippen molar-refractivity contribution < 1.29 is 9.59 Å². The molecule has 2 aliphatic rings.